The van der Waals surface area contributed by atoms with Crippen molar-refractivity contribution in [3.63, 3.8) is 0 Å². The molecule has 1 unspecified atom stereocenters. The van der Waals surface area contributed by atoms with Crippen molar-refractivity contribution in [3.05, 3.63) is 56.5 Å². The number of likely N-dealkylation sites (N-methyl/N-ethyl adjacent to an activating group) is 1. The molecule has 20 heavy (non-hydrogen) atoms. The molecule has 0 aliphatic carbocycles. The van der Waals surface area contributed by atoms with E-state index in [0.717, 1.165) is 14.8 Å². The molecule has 0 amide bonds. The first-order valence-corrected chi connectivity index (χ1v) is 7.61. The molecule has 1 aromatic carbocycles. The number of hydrogen-bond donors (Lipinski definition) is 1. The molecule has 5 heteroatoms. The van der Waals surface area contributed by atoms with E-state index in [0.29, 0.717) is 18.7 Å². The Morgan fingerprint density at radius 3 is 2.70 bits per heavy atom. The monoisotopic (exact) mass is 312 g/mol. The first-order chi connectivity index (χ1) is 9.51. The zero-order valence-corrected chi connectivity index (χ0v) is 13.1. The van der Waals surface area contributed by atoms with Crippen molar-refractivity contribution in [1.29, 1.82) is 0 Å². The largest absolute Gasteiger partial charge is 0.329 e. The number of nitrogens with zero attached hydrogens (tertiary/aromatic N) is 1. The topological polar surface area (TPSA) is 29.3 Å². The van der Waals surface area contributed by atoms with Gasteiger partial charge in [-0.3, -0.25) is 4.90 Å². The maximum absolute atomic E-state index is 14.0. The number of thiophene rings is 1. The van der Waals surface area contributed by atoms with Crippen LogP contribution in [0.15, 0.2) is 30.3 Å². The molecule has 0 spiro atoms. The third kappa shape index (κ3) is 3.58. The number of benzene rings is 1. The van der Waals surface area contributed by atoms with Crippen LogP contribution in [0.25, 0.3) is 0 Å². The molecule has 0 aliphatic heterocycles. The van der Waals surface area contributed by atoms with E-state index in [1.165, 1.54) is 17.4 Å². The quantitative estimate of drug-likeness (QED) is 0.905. The van der Waals surface area contributed by atoms with E-state index in [1.807, 2.05) is 32.2 Å². The van der Waals surface area contributed by atoms with Gasteiger partial charge in [0.05, 0.1) is 4.34 Å². The average molecular weight is 313 g/mol. The fourth-order valence-corrected chi connectivity index (χ4v) is 3.41. The van der Waals surface area contributed by atoms with Crippen LogP contribution in [-0.4, -0.2) is 18.5 Å². The summed E-state index contributed by atoms with van der Waals surface area (Å²) in [6.07, 6.45) is 0. The van der Waals surface area contributed by atoms with Crippen molar-refractivity contribution in [2.24, 2.45) is 5.73 Å². The molecule has 2 N–H and O–H groups in total. The molecule has 0 saturated carbocycles. The highest BCUT2D eigenvalue weighted by Gasteiger charge is 2.19. The standard InChI is InChI=1S/C15H18ClFN2S/c1-10-3-5-13(17)12(7-10)14(8-18)19(2)9-11-4-6-15(16)20-11/h3-7,14H,8-9,18H2,1-2H3. The summed E-state index contributed by atoms with van der Waals surface area (Å²) < 4.78 is 14.8. The number of nitrogens with two attached hydrogens (primary N) is 1. The maximum Gasteiger partial charge on any atom is 0.128 e. The predicted octanol–water partition coefficient (Wildman–Crippen LogP) is 3.98. The van der Waals surface area contributed by atoms with Crippen LogP contribution >= 0.6 is 22.9 Å². The lowest BCUT2D eigenvalue weighted by Crippen LogP contribution is -2.30. The second-order valence-electron chi connectivity index (χ2n) is 4.90. The molecule has 2 aromatic rings. The third-order valence-corrected chi connectivity index (χ3v) is 4.52. The van der Waals surface area contributed by atoms with E-state index >= 15 is 0 Å². The van der Waals surface area contributed by atoms with Crippen LogP contribution in [0.2, 0.25) is 4.34 Å². The van der Waals surface area contributed by atoms with Crippen LogP contribution in [0.1, 0.15) is 22.0 Å². The van der Waals surface area contributed by atoms with Crippen molar-refractivity contribution in [1.82, 2.24) is 4.90 Å². The number of rotatable bonds is 5. The fraction of sp³-hybridized carbons (Fsp3) is 0.333. The summed E-state index contributed by atoms with van der Waals surface area (Å²) in [6.45, 7) is 3.03. The van der Waals surface area contributed by atoms with Crippen LogP contribution in [0, 0.1) is 12.7 Å². The number of halogens is 2. The summed E-state index contributed by atoms with van der Waals surface area (Å²) in [5.74, 6) is -0.206. The zero-order valence-electron chi connectivity index (χ0n) is 11.6. The van der Waals surface area contributed by atoms with Gasteiger partial charge in [-0.25, -0.2) is 4.39 Å². The van der Waals surface area contributed by atoms with Crippen LogP contribution in [0.3, 0.4) is 0 Å². The van der Waals surface area contributed by atoms with Crippen molar-refractivity contribution in [3.8, 4) is 0 Å². The van der Waals surface area contributed by atoms with Crippen molar-refractivity contribution >= 4 is 22.9 Å². The van der Waals surface area contributed by atoms with Crippen LogP contribution in [0.5, 0.6) is 0 Å². The highest BCUT2D eigenvalue weighted by Crippen LogP contribution is 2.27. The number of aryl methyl sites for hydroxylation is 1. The summed E-state index contributed by atoms with van der Waals surface area (Å²) >= 11 is 7.47. The van der Waals surface area contributed by atoms with Crippen LogP contribution in [-0.2, 0) is 6.54 Å². The Morgan fingerprint density at radius 2 is 2.10 bits per heavy atom. The minimum Gasteiger partial charge on any atom is -0.329 e. The van der Waals surface area contributed by atoms with Gasteiger partial charge in [0.15, 0.2) is 0 Å². The summed E-state index contributed by atoms with van der Waals surface area (Å²) in [6, 6.07) is 8.86. The van der Waals surface area contributed by atoms with E-state index in [9.17, 15) is 4.39 Å². The normalized spacial score (nSPS) is 12.9. The van der Waals surface area contributed by atoms with Gasteiger partial charge in [-0.1, -0.05) is 29.3 Å². The van der Waals surface area contributed by atoms with E-state index in [-0.39, 0.29) is 11.9 Å². The van der Waals surface area contributed by atoms with Crippen LogP contribution in [0.4, 0.5) is 4.39 Å². The SMILES string of the molecule is Cc1ccc(F)c(C(CN)N(C)Cc2ccc(Cl)s2)c1. The van der Waals surface area contributed by atoms with Crippen molar-refractivity contribution < 1.29 is 4.39 Å². The van der Waals surface area contributed by atoms with Gasteiger partial charge in [0.1, 0.15) is 5.82 Å². The molecular formula is C15H18ClFN2S. The summed E-state index contributed by atoms with van der Waals surface area (Å²) in [5, 5.41) is 0. The Balaban J connectivity index is 2.20. The first-order valence-electron chi connectivity index (χ1n) is 6.42. The Labute approximate surface area is 128 Å². The molecule has 0 saturated heterocycles. The van der Waals surface area contributed by atoms with Gasteiger partial charge in [0.2, 0.25) is 0 Å². The summed E-state index contributed by atoms with van der Waals surface area (Å²) in [5.41, 5.74) is 7.54. The first kappa shape index (κ1) is 15.4. The highest BCUT2D eigenvalue weighted by atomic mass is 35.5. The molecule has 0 radical (unpaired) electrons. The lowest BCUT2D eigenvalue weighted by atomic mass is 10.0. The maximum atomic E-state index is 14.0. The Kier molecular flexibility index (Phi) is 5.16. The number of hydrogen-bond acceptors (Lipinski definition) is 3. The Hall–Kier alpha value is -0.940. The lowest BCUT2D eigenvalue weighted by Gasteiger charge is -2.27. The van der Waals surface area contributed by atoms with Gasteiger partial charge in [0, 0.05) is 29.6 Å². The molecule has 108 valence electrons. The second-order valence-corrected chi connectivity index (χ2v) is 6.70. The lowest BCUT2D eigenvalue weighted by molar-refractivity contribution is 0.238. The molecule has 2 nitrogen and oxygen atoms in total. The van der Waals surface area contributed by atoms with Crippen molar-refractivity contribution in [2.75, 3.05) is 13.6 Å². The fourth-order valence-electron chi connectivity index (χ4n) is 2.26. The van der Waals surface area contributed by atoms with Gasteiger partial charge < -0.3 is 5.73 Å². The molecule has 0 fully saturated rings. The predicted molar refractivity (Wildman–Crippen MR) is 83.7 cm³/mol. The van der Waals surface area contributed by atoms with Gasteiger partial charge in [-0.2, -0.15) is 0 Å². The van der Waals surface area contributed by atoms with Gasteiger partial charge in [0.25, 0.3) is 0 Å². The van der Waals surface area contributed by atoms with E-state index in [2.05, 4.69) is 4.90 Å². The highest BCUT2D eigenvalue weighted by molar-refractivity contribution is 7.16. The van der Waals surface area contributed by atoms with Gasteiger partial charge >= 0.3 is 0 Å². The molecule has 1 aromatic heterocycles. The summed E-state index contributed by atoms with van der Waals surface area (Å²) in [4.78, 5) is 3.20. The molecule has 0 bridgehead atoms. The van der Waals surface area contributed by atoms with Crippen molar-refractivity contribution in [2.45, 2.75) is 19.5 Å². The van der Waals surface area contributed by atoms with E-state index in [1.54, 1.807) is 6.07 Å². The molecule has 2 rings (SSSR count). The molecule has 1 heterocycles. The smallest absolute Gasteiger partial charge is 0.128 e. The Morgan fingerprint density at radius 1 is 1.35 bits per heavy atom. The van der Waals surface area contributed by atoms with Gasteiger partial charge in [-0.05, 0) is 32.2 Å². The molecule has 1 atom stereocenters. The minimum atomic E-state index is -0.206. The average Bonchev–Trinajstić information content (AvgIpc) is 2.80. The minimum absolute atomic E-state index is 0.143. The van der Waals surface area contributed by atoms with E-state index in [4.69, 9.17) is 17.3 Å². The van der Waals surface area contributed by atoms with E-state index < -0.39 is 0 Å². The third-order valence-electron chi connectivity index (χ3n) is 3.30. The Bertz CT molecular complexity index is 585. The molecule has 0 aliphatic rings. The zero-order chi connectivity index (χ0) is 14.7. The second kappa shape index (κ2) is 6.68. The molecular weight excluding hydrogens is 295 g/mol. The van der Waals surface area contributed by atoms with Gasteiger partial charge in [-0.15, -0.1) is 11.3 Å². The summed E-state index contributed by atoms with van der Waals surface area (Å²) in [7, 11) is 1.95. The van der Waals surface area contributed by atoms with Crippen LogP contribution < -0.4 is 5.73 Å².